The molecule has 0 aliphatic rings. The van der Waals surface area contributed by atoms with E-state index in [9.17, 15) is 0 Å². The Balaban J connectivity index is 2.03. The lowest BCUT2D eigenvalue weighted by atomic mass is 10.2. The molecule has 0 saturated carbocycles. The molecule has 2 aromatic rings. The molecule has 0 aliphatic heterocycles. The van der Waals surface area contributed by atoms with Crippen LogP contribution in [0.15, 0.2) is 60.7 Å². The largest absolute Gasteiger partial charge is 0.407 e. The molecular formula is C14H10O. The summed E-state index contributed by atoms with van der Waals surface area (Å²) >= 11 is 0. The molecule has 0 unspecified atom stereocenters. The highest BCUT2D eigenvalue weighted by Gasteiger charge is 1.86. The van der Waals surface area contributed by atoms with E-state index in [2.05, 4.69) is 12.0 Å². The zero-order valence-corrected chi connectivity index (χ0v) is 8.18. The number of para-hydroxylation sites is 1. The molecule has 0 N–H and O–H groups in total. The Kier molecular flexibility index (Phi) is 3.04. The molecule has 0 fully saturated rings. The molecule has 1 heteroatoms. The van der Waals surface area contributed by atoms with E-state index in [1.165, 1.54) is 0 Å². The van der Waals surface area contributed by atoms with Crippen molar-refractivity contribution in [2.24, 2.45) is 0 Å². The smallest absolute Gasteiger partial charge is 0.140 e. The van der Waals surface area contributed by atoms with Crippen molar-refractivity contribution in [3.8, 4) is 17.8 Å². The first kappa shape index (κ1) is 9.36. The second-order valence-corrected chi connectivity index (χ2v) is 3.01. The maximum atomic E-state index is 5.25. The van der Waals surface area contributed by atoms with Gasteiger partial charge < -0.3 is 4.74 Å². The van der Waals surface area contributed by atoms with Crippen LogP contribution in [0.3, 0.4) is 0 Å². The number of rotatable bonds is 1. The highest BCUT2D eigenvalue weighted by molar-refractivity contribution is 5.33. The van der Waals surface area contributed by atoms with Crippen LogP contribution in [0, 0.1) is 12.0 Å². The molecule has 15 heavy (non-hydrogen) atoms. The summed E-state index contributed by atoms with van der Waals surface area (Å²) < 4.78 is 5.25. The van der Waals surface area contributed by atoms with Gasteiger partial charge in [0, 0.05) is 5.56 Å². The zero-order valence-electron chi connectivity index (χ0n) is 8.18. The first-order chi connectivity index (χ1) is 7.45. The molecule has 2 rings (SSSR count). The van der Waals surface area contributed by atoms with E-state index in [0.717, 1.165) is 11.3 Å². The first-order valence-electron chi connectivity index (χ1n) is 4.73. The lowest BCUT2D eigenvalue weighted by Gasteiger charge is -1.93. The van der Waals surface area contributed by atoms with E-state index >= 15 is 0 Å². The van der Waals surface area contributed by atoms with Crippen LogP contribution in [0.5, 0.6) is 5.75 Å². The van der Waals surface area contributed by atoms with Crippen molar-refractivity contribution in [2.75, 3.05) is 0 Å². The molecule has 72 valence electrons. The normalized spacial score (nSPS) is 8.80. The van der Waals surface area contributed by atoms with Crippen molar-refractivity contribution >= 4 is 0 Å². The van der Waals surface area contributed by atoms with E-state index in [0.29, 0.717) is 0 Å². The summed E-state index contributed by atoms with van der Waals surface area (Å²) in [6.07, 6.45) is 2.67. The van der Waals surface area contributed by atoms with Crippen LogP contribution >= 0.6 is 0 Å². The fourth-order valence-corrected chi connectivity index (χ4v) is 1.15. The van der Waals surface area contributed by atoms with Gasteiger partial charge in [0.2, 0.25) is 0 Å². The van der Waals surface area contributed by atoms with Gasteiger partial charge >= 0.3 is 0 Å². The fraction of sp³-hybridized carbons (Fsp3) is 0. The van der Waals surface area contributed by atoms with Crippen molar-refractivity contribution in [3.63, 3.8) is 0 Å². The lowest BCUT2D eigenvalue weighted by molar-refractivity contribution is 0.520. The summed E-state index contributed by atoms with van der Waals surface area (Å²) in [4.78, 5) is 0. The van der Waals surface area contributed by atoms with Crippen LogP contribution in [-0.2, 0) is 0 Å². The molecule has 0 amide bonds. The summed E-state index contributed by atoms with van der Waals surface area (Å²) in [5.41, 5.74) is 0.952. The van der Waals surface area contributed by atoms with Gasteiger partial charge in [-0.1, -0.05) is 36.4 Å². The third kappa shape index (κ3) is 2.89. The Morgan fingerprint density at radius 1 is 0.733 bits per heavy atom. The number of ether oxygens (including phenoxy) is 1. The zero-order chi connectivity index (χ0) is 10.3. The van der Waals surface area contributed by atoms with Crippen LogP contribution in [0.1, 0.15) is 5.56 Å². The van der Waals surface area contributed by atoms with Gasteiger partial charge in [-0.25, -0.2) is 0 Å². The third-order valence-electron chi connectivity index (χ3n) is 1.88. The van der Waals surface area contributed by atoms with Crippen LogP contribution in [-0.4, -0.2) is 0 Å². The fourth-order valence-electron chi connectivity index (χ4n) is 1.15. The SMILES string of the molecule is C(#Cc1ccccc1)Oc1ccccc1. The summed E-state index contributed by atoms with van der Waals surface area (Å²) in [5.74, 6) is 3.69. The average Bonchev–Trinajstić information content (AvgIpc) is 2.32. The van der Waals surface area contributed by atoms with Crippen molar-refractivity contribution in [2.45, 2.75) is 0 Å². The van der Waals surface area contributed by atoms with Gasteiger partial charge in [0.05, 0.1) is 0 Å². The minimum absolute atomic E-state index is 0.765. The van der Waals surface area contributed by atoms with Gasteiger partial charge in [-0.15, -0.1) is 0 Å². The van der Waals surface area contributed by atoms with Gasteiger partial charge in [0.1, 0.15) is 11.9 Å². The Morgan fingerprint density at radius 2 is 1.33 bits per heavy atom. The number of benzene rings is 2. The standard InChI is InChI=1S/C14H10O/c1-3-7-13(8-4-1)11-12-15-14-9-5-2-6-10-14/h1-10H. The maximum Gasteiger partial charge on any atom is 0.140 e. The molecule has 0 spiro atoms. The Morgan fingerprint density at radius 3 is 2.00 bits per heavy atom. The van der Waals surface area contributed by atoms with Crippen LogP contribution in [0.4, 0.5) is 0 Å². The van der Waals surface area contributed by atoms with E-state index < -0.39 is 0 Å². The summed E-state index contributed by atoms with van der Waals surface area (Å²) in [7, 11) is 0. The minimum atomic E-state index is 0.765. The third-order valence-corrected chi connectivity index (χ3v) is 1.88. The first-order valence-corrected chi connectivity index (χ1v) is 4.73. The van der Waals surface area contributed by atoms with Gasteiger partial charge in [-0.3, -0.25) is 0 Å². The van der Waals surface area contributed by atoms with Crippen molar-refractivity contribution in [3.05, 3.63) is 66.2 Å². The van der Waals surface area contributed by atoms with Crippen LogP contribution in [0.2, 0.25) is 0 Å². The molecule has 0 atom stereocenters. The molecule has 2 aromatic carbocycles. The Hall–Kier alpha value is -2.20. The van der Waals surface area contributed by atoms with Gasteiger partial charge in [-0.05, 0) is 30.2 Å². The van der Waals surface area contributed by atoms with E-state index in [1.54, 1.807) is 0 Å². The monoisotopic (exact) mass is 194 g/mol. The van der Waals surface area contributed by atoms with Gasteiger partial charge in [0.25, 0.3) is 0 Å². The summed E-state index contributed by atoms with van der Waals surface area (Å²) in [5, 5.41) is 0. The Labute approximate surface area is 89.3 Å². The molecular weight excluding hydrogens is 184 g/mol. The van der Waals surface area contributed by atoms with Crippen molar-refractivity contribution in [1.29, 1.82) is 0 Å². The average molecular weight is 194 g/mol. The minimum Gasteiger partial charge on any atom is -0.407 e. The maximum absolute atomic E-state index is 5.25. The van der Waals surface area contributed by atoms with E-state index in [4.69, 9.17) is 4.74 Å². The second-order valence-electron chi connectivity index (χ2n) is 3.01. The summed E-state index contributed by atoms with van der Waals surface area (Å²) in [6, 6.07) is 19.3. The van der Waals surface area contributed by atoms with Crippen LogP contribution in [0.25, 0.3) is 0 Å². The van der Waals surface area contributed by atoms with Gasteiger partial charge in [-0.2, -0.15) is 0 Å². The molecule has 0 heterocycles. The molecule has 0 radical (unpaired) electrons. The van der Waals surface area contributed by atoms with E-state index in [1.807, 2.05) is 60.7 Å². The molecule has 0 aliphatic carbocycles. The molecule has 0 saturated heterocycles. The highest BCUT2D eigenvalue weighted by atomic mass is 16.5. The lowest BCUT2D eigenvalue weighted by Crippen LogP contribution is -1.81. The quantitative estimate of drug-likeness (QED) is 0.634. The molecule has 0 aromatic heterocycles. The molecule has 1 nitrogen and oxygen atoms in total. The van der Waals surface area contributed by atoms with Crippen molar-refractivity contribution < 1.29 is 4.74 Å². The predicted octanol–water partition coefficient (Wildman–Crippen LogP) is 3.07. The topological polar surface area (TPSA) is 9.23 Å². The molecule has 0 bridgehead atoms. The Bertz CT molecular complexity index is 463. The predicted molar refractivity (Wildman–Crippen MR) is 60.4 cm³/mol. The van der Waals surface area contributed by atoms with E-state index in [-0.39, 0.29) is 0 Å². The summed E-state index contributed by atoms with van der Waals surface area (Å²) in [6.45, 7) is 0. The van der Waals surface area contributed by atoms with Gasteiger partial charge in [0.15, 0.2) is 0 Å². The van der Waals surface area contributed by atoms with Crippen LogP contribution < -0.4 is 4.74 Å². The number of hydrogen-bond donors (Lipinski definition) is 0. The number of hydrogen-bond acceptors (Lipinski definition) is 1. The highest BCUT2D eigenvalue weighted by Crippen LogP contribution is 2.07. The van der Waals surface area contributed by atoms with Crippen molar-refractivity contribution in [1.82, 2.24) is 0 Å². The second kappa shape index (κ2) is 4.88.